The number of fused-ring (bicyclic) bond motifs is 1. The smallest absolute Gasteiger partial charge is 0.318 e. The molecule has 1 fully saturated rings. The van der Waals surface area contributed by atoms with E-state index in [1.54, 1.807) is 4.90 Å². The maximum atomic E-state index is 13.4. The van der Waals surface area contributed by atoms with Gasteiger partial charge in [0.1, 0.15) is 11.6 Å². The van der Waals surface area contributed by atoms with Gasteiger partial charge in [-0.2, -0.15) is 0 Å². The number of nitrogens with zero attached hydrogens (tertiary/aromatic N) is 3. The summed E-state index contributed by atoms with van der Waals surface area (Å²) in [7, 11) is 0. The molecule has 1 aromatic carbocycles. The number of hydrogen-bond acceptors (Lipinski definition) is 4. The Morgan fingerprint density at radius 2 is 2.17 bits per heavy atom. The number of amides is 2. The van der Waals surface area contributed by atoms with Crippen LogP contribution in [-0.4, -0.2) is 39.2 Å². The van der Waals surface area contributed by atoms with Crippen molar-refractivity contribution in [3.05, 3.63) is 57.9 Å². The molecule has 1 aromatic heterocycles. The van der Waals surface area contributed by atoms with Gasteiger partial charge in [-0.1, -0.05) is 43.4 Å². The molecule has 0 radical (unpaired) electrons. The molecule has 6 nitrogen and oxygen atoms in total. The number of benzene rings is 1. The lowest BCUT2D eigenvalue weighted by Crippen LogP contribution is -2.45. The van der Waals surface area contributed by atoms with Crippen LogP contribution in [0.2, 0.25) is 5.02 Å². The van der Waals surface area contributed by atoms with Crippen molar-refractivity contribution in [3.8, 4) is 0 Å². The van der Waals surface area contributed by atoms with Gasteiger partial charge in [0.2, 0.25) is 0 Å². The topological polar surface area (TPSA) is 78.4 Å². The first kappa shape index (κ1) is 21.0. The fourth-order valence-electron chi connectivity index (χ4n) is 4.29. The van der Waals surface area contributed by atoms with Crippen LogP contribution in [0, 0.1) is 11.7 Å². The SMILES string of the molecule is O=C(N[C@H](CO)c1ccc(F)c(Cl)c1)N1CCc2cnc(CC3CCCC3)nc2C1. The van der Waals surface area contributed by atoms with Gasteiger partial charge in [-0.15, -0.1) is 0 Å². The van der Waals surface area contributed by atoms with E-state index in [2.05, 4.69) is 10.3 Å². The van der Waals surface area contributed by atoms with Crippen molar-refractivity contribution in [3.63, 3.8) is 0 Å². The van der Waals surface area contributed by atoms with Gasteiger partial charge < -0.3 is 15.3 Å². The summed E-state index contributed by atoms with van der Waals surface area (Å²) in [6, 6.07) is 3.20. The Morgan fingerprint density at radius 3 is 2.90 bits per heavy atom. The summed E-state index contributed by atoms with van der Waals surface area (Å²) in [6.07, 6.45) is 8.55. The first-order chi connectivity index (χ1) is 14.5. The highest BCUT2D eigenvalue weighted by Gasteiger charge is 2.25. The van der Waals surface area contributed by atoms with Crippen molar-refractivity contribution in [2.24, 2.45) is 5.92 Å². The van der Waals surface area contributed by atoms with Gasteiger partial charge in [0.25, 0.3) is 0 Å². The Morgan fingerprint density at radius 1 is 1.37 bits per heavy atom. The second-order valence-electron chi connectivity index (χ2n) is 8.14. The lowest BCUT2D eigenvalue weighted by Gasteiger charge is -2.30. The number of nitrogens with one attached hydrogen (secondary N) is 1. The van der Waals surface area contributed by atoms with Crippen LogP contribution in [0.25, 0.3) is 0 Å². The monoisotopic (exact) mass is 432 g/mol. The van der Waals surface area contributed by atoms with Crippen molar-refractivity contribution in [1.29, 1.82) is 0 Å². The van der Waals surface area contributed by atoms with Crippen LogP contribution in [0.3, 0.4) is 0 Å². The number of carbonyl (C=O) groups excluding carboxylic acids is 1. The number of hydrogen-bond donors (Lipinski definition) is 2. The van der Waals surface area contributed by atoms with Crippen LogP contribution >= 0.6 is 11.6 Å². The summed E-state index contributed by atoms with van der Waals surface area (Å²) in [4.78, 5) is 23.8. The fraction of sp³-hybridized carbons (Fsp3) is 0.500. The molecule has 0 spiro atoms. The molecule has 4 rings (SSSR count). The number of rotatable bonds is 5. The highest BCUT2D eigenvalue weighted by Crippen LogP contribution is 2.28. The van der Waals surface area contributed by atoms with Gasteiger partial charge in [-0.3, -0.25) is 0 Å². The molecule has 0 saturated heterocycles. The molecule has 2 amide bonds. The maximum Gasteiger partial charge on any atom is 0.318 e. The van der Waals surface area contributed by atoms with Gasteiger partial charge in [0, 0.05) is 19.2 Å². The Kier molecular flexibility index (Phi) is 6.49. The molecule has 2 aromatic rings. The van der Waals surface area contributed by atoms with Gasteiger partial charge >= 0.3 is 6.03 Å². The van der Waals surface area contributed by atoms with E-state index in [4.69, 9.17) is 16.6 Å². The van der Waals surface area contributed by atoms with Crippen molar-refractivity contribution in [2.45, 2.75) is 51.1 Å². The lowest BCUT2D eigenvalue weighted by atomic mass is 10.0. The molecule has 0 bridgehead atoms. The van der Waals surface area contributed by atoms with E-state index in [0.29, 0.717) is 31.0 Å². The van der Waals surface area contributed by atoms with Crippen molar-refractivity contribution in [2.75, 3.05) is 13.2 Å². The number of carbonyl (C=O) groups is 1. The van der Waals surface area contributed by atoms with Crippen LogP contribution < -0.4 is 5.32 Å². The fourth-order valence-corrected chi connectivity index (χ4v) is 4.48. The number of urea groups is 1. The minimum atomic E-state index is -0.666. The summed E-state index contributed by atoms with van der Waals surface area (Å²) in [5, 5.41) is 12.5. The van der Waals surface area contributed by atoms with Gasteiger partial charge in [0.15, 0.2) is 0 Å². The minimum absolute atomic E-state index is 0.0430. The number of aliphatic hydroxyl groups is 1. The minimum Gasteiger partial charge on any atom is -0.394 e. The van der Waals surface area contributed by atoms with Crippen LogP contribution in [0.5, 0.6) is 0 Å². The summed E-state index contributed by atoms with van der Waals surface area (Å²) < 4.78 is 13.4. The number of halogens is 2. The maximum absolute atomic E-state index is 13.4. The van der Waals surface area contributed by atoms with E-state index in [1.165, 1.54) is 43.9 Å². The summed E-state index contributed by atoms with van der Waals surface area (Å²) in [5.74, 6) is 0.986. The van der Waals surface area contributed by atoms with Crippen molar-refractivity contribution >= 4 is 17.6 Å². The van der Waals surface area contributed by atoms with E-state index < -0.39 is 11.9 Å². The molecule has 0 unspecified atom stereocenters. The van der Waals surface area contributed by atoms with Crippen molar-refractivity contribution in [1.82, 2.24) is 20.2 Å². The first-order valence-electron chi connectivity index (χ1n) is 10.5. The normalized spacial score (nSPS) is 17.6. The lowest BCUT2D eigenvalue weighted by molar-refractivity contribution is 0.176. The second-order valence-corrected chi connectivity index (χ2v) is 8.55. The number of aliphatic hydroxyl groups excluding tert-OH is 1. The van der Waals surface area contributed by atoms with E-state index in [0.717, 1.165) is 23.5 Å². The molecular weight excluding hydrogens is 407 g/mol. The predicted octanol–water partition coefficient (Wildman–Crippen LogP) is 3.80. The van der Waals surface area contributed by atoms with E-state index in [-0.39, 0.29) is 17.7 Å². The zero-order valence-electron chi connectivity index (χ0n) is 16.8. The van der Waals surface area contributed by atoms with Gasteiger partial charge in [0.05, 0.1) is 29.9 Å². The summed E-state index contributed by atoms with van der Waals surface area (Å²) >= 11 is 5.84. The van der Waals surface area contributed by atoms with Gasteiger partial charge in [-0.05, 0) is 35.6 Å². The molecule has 2 heterocycles. The highest BCUT2D eigenvalue weighted by molar-refractivity contribution is 6.30. The predicted molar refractivity (Wildman–Crippen MR) is 112 cm³/mol. The zero-order chi connectivity index (χ0) is 21.1. The van der Waals surface area contributed by atoms with Crippen LogP contribution in [0.15, 0.2) is 24.4 Å². The van der Waals surface area contributed by atoms with Crippen LogP contribution in [-0.2, 0) is 19.4 Å². The van der Waals surface area contributed by atoms with Gasteiger partial charge in [-0.25, -0.2) is 19.2 Å². The largest absolute Gasteiger partial charge is 0.394 e. The summed E-state index contributed by atoms with van der Waals surface area (Å²) in [5.41, 5.74) is 2.53. The average Bonchev–Trinajstić information content (AvgIpc) is 3.26. The zero-order valence-corrected chi connectivity index (χ0v) is 17.5. The molecule has 1 saturated carbocycles. The molecule has 2 N–H and O–H groups in total. The first-order valence-corrected chi connectivity index (χ1v) is 10.9. The van der Waals surface area contributed by atoms with E-state index in [9.17, 15) is 14.3 Å². The second kappa shape index (κ2) is 9.27. The Labute approximate surface area is 180 Å². The molecule has 1 aliphatic heterocycles. The third-order valence-corrected chi connectivity index (χ3v) is 6.34. The van der Waals surface area contributed by atoms with E-state index >= 15 is 0 Å². The number of aromatic nitrogens is 2. The molecule has 1 aliphatic carbocycles. The van der Waals surface area contributed by atoms with E-state index in [1.807, 2.05) is 6.20 Å². The van der Waals surface area contributed by atoms with Crippen LogP contribution in [0.1, 0.15) is 54.4 Å². The molecule has 8 heteroatoms. The van der Waals surface area contributed by atoms with Crippen LogP contribution in [0.4, 0.5) is 9.18 Å². The molecular formula is C22H26ClFN4O2. The quantitative estimate of drug-likeness (QED) is 0.753. The third kappa shape index (κ3) is 4.73. The molecule has 1 atom stereocenters. The Bertz CT molecular complexity index is 920. The molecule has 2 aliphatic rings. The van der Waals surface area contributed by atoms with Crippen molar-refractivity contribution < 1.29 is 14.3 Å². The standard InChI is InChI=1S/C22H26ClFN4O2/c23-17-10-15(5-6-18(17)24)20(13-29)27-22(30)28-8-7-16-11-25-21(26-19(16)12-28)9-14-3-1-2-4-14/h5-6,10-11,14,20,29H,1-4,7-9,12-13H2,(H,27,30)/t20-/m1/s1. The third-order valence-electron chi connectivity index (χ3n) is 6.06. The summed E-state index contributed by atoms with van der Waals surface area (Å²) in [6.45, 7) is 0.641. The molecule has 30 heavy (non-hydrogen) atoms. The molecule has 160 valence electrons. The highest BCUT2D eigenvalue weighted by atomic mass is 35.5. The average molecular weight is 433 g/mol. The Hall–Kier alpha value is -2.25. The Balaban J connectivity index is 1.42.